The van der Waals surface area contributed by atoms with E-state index in [0.29, 0.717) is 6.42 Å². The van der Waals surface area contributed by atoms with E-state index in [2.05, 4.69) is 71.2 Å². The predicted molar refractivity (Wildman–Crippen MR) is 88.3 cm³/mol. The van der Waals surface area contributed by atoms with Crippen molar-refractivity contribution in [1.82, 2.24) is 3.22 Å². The zero-order valence-electron chi connectivity index (χ0n) is 11.2. The number of nitrogens with zero attached hydrogens (tertiary/aromatic N) is 2. The molecule has 0 aromatic heterocycles. The number of carbonyl (C=O) groups excluding carboxylic acids is 1. The molecule has 20 heavy (non-hydrogen) atoms. The van der Waals surface area contributed by atoms with E-state index in [9.17, 15) is 4.79 Å². The van der Waals surface area contributed by atoms with Crippen molar-refractivity contribution in [1.29, 1.82) is 0 Å². The second kappa shape index (κ2) is 5.44. The molecule has 1 saturated heterocycles. The van der Waals surface area contributed by atoms with Crippen LogP contribution in [0.3, 0.4) is 0 Å². The Bertz CT molecular complexity index is 612. The Morgan fingerprint density at radius 1 is 1.05 bits per heavy atom. The van der Waals surface area contributed by atoms with Gasteiger partial charge in [-0.2, -0.15) is 3.22 Å². The van der Waals surface area contributed by atoms with Crippen LogP contribution in [0.2, 0.25) is 0 Å². The van der Waals surface area contributed by atoms with Gasteiger partial charge in [0.15, 0.2) is 0 Å². The van der Waals surface area contributed by atoms with Crippen LogP contribution in [0.4, 0.5) is 5.69 Å². The number of anilines is 1. The Kier molecular flexibility index (Phi) is 3.65. The first-order valence-electron chi connectivity index (χ1n) is 6.56. The standard InChI is InChI=1S/C16H15IN2O/c1-12-7-9-14(10-8-12)18-15(11-16(20)19(18)17)13-5-3-2-4-6-13/h2-10,15H,11H2,1H3. The van der Waals surface area contributed by atoms with Crippen molar-refractivity contribution < 1.29 is 4.79 Å². The fraction of sp³-hybridized carbons (Fsp3) is 0.188. The predicted octanol–water partition coefficient (Wildman–Crippen LogP) is 4.04. The largest absolute Gasteiger partial charge is 0.272 e. The SMILES string of the molecule is Cc1ccc(N2C(c3ccccc3)CC(=O)N2I)cc1. The zero-order chi connectivity index (χ0) is 14.1. The van der Waals surface area contributed by atoms with Crippen molar-refractivity contribution in [2.24, 2.45) is 0 Å². The van der Waals surface area contributed by atoms with E-state index in [0.717, 1.165) is 5.69 Å². The highest BCUT2D eigenvalue weighted by Crippen LogP contribution is 2.39. The summed E-state index contributed by atoms with van der Waals surface area (Å²) < 4.78 is 1.69. The Balaban J connectivity index is 2.01. The molecule has 0 aliphatic carbocycles. The summed E-state index contributed by atoms with van der Waals surface area (Å²) in [5.41, 5.74) is 3.43. The van der Waals surface area contributed by atoms with Gasteiger partial charge >= 0.3 is 0 Å². The first-order chi connectivity index (χ1) is 9.66. The number of rotatable bonds is 2. The third-order valence-electron chi connectivity index (χ3n) is 3.54. The second-order valence-corrected chi connectivity index (χ2v) is 5.88. The normalized spacial score (nSPS) is 18.7. The van der Waals surface area contributed by atoms with Crippen molar-refractivity contribution >= 4 is 34.5 Å². The number of hydrogen-bond donors (Lipinski definition) is 0. The van der Waals surface area contributed by atoms with E-state index in [1.165, 1.54) is 11.1 Å². The summed E-state index contributed by atoms with van der Waals surface area (Å²) >= 11 is 2.08. The van der Waals surface area contributed by atoms with Gasteiger partial charge in [-0.15, -0.1) is 0 Å². The number of aryl methyl sites for hydroxylation is 1. The molecule has 1 heterocycles. The van der Waals surface area contributed by atoms with Gasteiger partial charge in [0.05, 0.1) is 41.0 Å². The highest BCUT2D eigenvalue weighted by Gasteiger charge is 2.37. The molecule has 0 saturated carbocycles. The molecule has 0 N–H and O–H groups in total. The third-order valence-corrected chi connectivity index (χ3v) is 4.54. The molecule has 4 heteroatoms. The lowest BCUT2D eigenvalue weighted by Crippen LogP contribution is -2.32. The van der Waals surface area contributed by atoms with Crippen LogP contribution >= 0.6 is 22.9 Å². The van der Waals surface area contributed by atoms with Crippen molar-refractivity contribution in [3.63, 3.8) is 0 Å². The third kappa shape index (κ3) is 2.40. The molecule has 1 atom stereocenters. The number of amides is 1. The second-order valence-electron chi connectivity index (χ2n) is 4.96. The smallest absolute Gasteiger partial charge is 0.252 e. The molecule has 3 rings (SSSR count). The highest BCUT2D eigenvalue weighted by atomic mass is 127. The van der Waals surface area contributed by atoms with Gasteiger partial charge in [0.2, 0.25) is 0 Å². The number of carbonyl (C=O) groups is 1. The number of hydrazine groups is 1. The molecule has 2 aromatic carbocycles. The van der Waals surface area contributed by atoms with Crippen LogP contribution in [0.15, 0.2) is 54.6 Å². The van der Waals surface area contributed by atoms with Gasteiger partial charge in [-0.3, -0.25) is 9.80 Å². The van der Waals surface area contributed by atoms with Gasteiger partial charge in [-0.05, 0) is 24.6 Å². The average Bonchev–Trinajstić information content (AvgIpc) is 2.77. The molecule has 1 amide bonds. The van der Waals surface area contributed by atoms with Crippen molar-refractivity contribution in [2.75, 3.05) is 5.01 Å². The fourth-order valence-corrected chi connectivity index (χ4v) is 3.23. The van der Waals surface area contributed by atoms with Crippen LogP contribution in [0.5, 0.6) is 0 Å². The topological polar surface area (TPSA) is 23.6 Å². The molecule has 1 fully saturated rings. The maximum absolute atomic E-state index is 12.1. The van der Waals surface area contributed by atoms with Gasteiger partial charge < -0.3 is 0 Å². The fourth-order valence-electron chi connectivity index (χ4n) is 2.48. The van der Waals surface area contributed by atoms with Gasteiger partial charge in [-0.1, -0.05) is 48.0 Å². The lowest BCUT2D eigenvalue weighted by Gasteiger charge is -2.30. The van der Waals surface area contributed by atoms with E-state index < -0.39 is 0 Å². The van der Waals surface area contributed by atoms with Crippen LogP contribution in [0, 0.1) is 6.92 Å². The summed E-state index contributed by atoms with van der Waals surface area (Å²) in [6.07, 6.45) is 0.515. The first kappa shape index (κ1) is 13.4. The molecular formula is C16H15IN2O. The Labute approximate surface area is 132 Å². The minimum Gasteiger partial charge on any atom is -0.272 e. The van der Waals surface area contributed by atoms with Crippen LogP contribution in [-0.4, -0.2) is 9.13 Å². The van der Waals surface area contributed by atoms with Crippen molar-refractivity contribution in [2.45, 2.75) is 19.4 Å². The molecule has 3 nitrogen and oxygen atoms in total. The quantitative estimate of drug-likeness (QED) is 0.582. The van der Waals surface area contributed by atoms with Crippen LogP contribution in [0.1, 0.15) is 23.6 Å². The minimum atomic E-state index is 0.0725. The van der Waals surface area contributed by atoms with Gasteiger partial charge in [0, 0.05) is 0 Å². The Hall–Kier alpha value is -1.56. The summed E-state index contributed by atoms with van der Waals surface area (Å²) in [5.74, 6) is 0.139. The van der Waals surface area contributed by atoms with E-state index in [1.54, 1.807) is 3.22 Å². The van der Waals surface area contributed by atoms with E-state index in [1.807, 2.05) is 18.2 Å². The lowest BCUT2D eigenvalue weighted by atomic mass is 10.0. The van der Waals surface area contributed by atoms with Crippen molar-refractivity contribution in [3.8, 4) is 0 Å². The van der Waals surface area contributed by atoms with E-state index >= 15 is 0 Å². The van der Waals surface area contributed by atoms with Crippen LogP contribution in [0.25, 0.3) is 0 Å². The average molecular weight is 378 g/mol. The van der Waals surface area contributed by atoms with Crippen LogP contribution in [-0.2, 0) is 4.79 Å². The molecule has 102 valence electrons. The van der Waals surface area contributed by atoms with Crippen LogP contribution < -0.4 is 5.01 Å². The van der Waals surface area contributed by atoms with E-state index in [4.69, 9.17) is 0 Å². The molecule has 1 unspecified atom stereocenters. The summed E-state index contributed by atoms with van der Waals surface area (Å²) in [4.78, 5) is 12.1. The van der Waals surface area contributed by atoms with E-state index in [-0.39, 0.29) is 11.9 Å². The molecule has 2 aromatic rings. The maximum Gasteiger partial charge on any atom is 0.252 e. The number of halogens is 1. The van der Waals surface area contributed by atoms with Crippen molar-refractivity contribution in [3.05, 3.63) is 65.7 Å². The molecular weight excluding hydrogens is 363 g/mol. The molecule has 0 bridgehead atoms. The van der Waals surface area contributed by atoms with Gasteiger partial charge in [0.25, 0.3) is 5.91 Å². The summed E-state index contributed by atoms with van der Waals surface area (Å²) in [6.45, 7) is 2.06. The zero-order valence-corrected chi connectivity index (χ0v) is 13.3. The molecule has 0 spiro atoms. The molecule has 1 aliphatic heterocycles. The highest BCUT2D eigenvalue weighted by molar-refractivity contribution is 14.1. The lowest BCUT2D eigenvalue weighted by molar-refractivity contribution is -0.122. The molecule has 0 radical (unpaired) electrons. The Morgan fingerprint density at radius 3 is 2.35 bits per heavy atom. The Morgan fingerprint density at radius 2 is 1.70 bits per heavy atom. The molecule has 1 aliphatic rings. The number of hydrogen-bond acceptors (Lipinski definition) is 2. The van der Waals surface area contributed by atoms with Gasteiger partial charge in [-0.25, -0.2) is 0 Å². The first-order valence-corrected chi connectivity index (χ1v) is 7.53. The summed E-state index contributed by atoms with van der Waals surface area (Å²) in [7, 11) is 0. The summed E-state index contributed by atoms with van der Waals surface area (Å²) in [6, 6.07) is 18.5. The minimum absolute atomic E-state index is 0.0725. The number of benzene rings is 2. The monoisotopic (exact) mass is 378 g/mol. The maximum atomic E-state index is 12.1. The van der Waals surface area contributed by atoms with Gasteiger partial charge in [0.1, 0.15) is 0 Å². The summed E-state index contributed by atoms with van der Waals surface area (Å²) in [5, 5.41) is 2.07.